The molecular weight excluding hydrogens is 340 g/mol. The molecule has 0 aliphatic heterocycles. The first kappa shape index (κ1) is 24.0. The summed E-state index contributed by atoms with van der Waals surface area (Å²) in [6.45, 7) is 9.50. The van der Waals surface area contributed by atoms with E-state index in [0.29, 0.717) is 13.2 Å². The van der Waals surface area contributed by atoms with Gasteiger partial charge in [0.15, 0.2) is 0 Å². The second kappa shape index (κ2) is 14.0. The molecule has 4 unspecified atom stereocenters. The van der Waals surface area contributed by atoms with Crippen molar-refractivity contribution >= 4 is 11.9 Å². The first-order chi connectivity index (χ1) is 13.1. The first-order valence-electron chi connectivity index (χ1n) is 11.4. The number of esters is 2. The molecule has 0 aromatic carbocycles. The van der Waals surface area contributed by atoms with Gasteiger partial charge in [-0.15, -0.1) is 0 Å². The highest BCUT2D eigenvalue weighted by Crippen LogP contribution is 2.46. The Labute approximate surface area is 166 Å². The molecule has 0 heterocycles. The fourth-order valence-corrected chi connectivity index (χ4v) is 4.38. The maximum Gasteiger partial charge on any atom is 0.310 e. The number of unbranched alkanes of at least 4 members (excludes halogenated alkanes) is 6. The van der Waals surface area contributed by atoms with E-state index in [1.165, 1.54) is 25.7 Å². The van der Waals surface area contributed by atoms with Crippen LogP contribution in [0.2, 0.25) is 0 Å². The molecule has 1 fully saturated rings. The molecule has 4 atom stereocenters. The molecule has 0 spiro atoms. The van der Waals surface area contributed by atoms with Crippen LogP contribution >= 0.6 is 0 Å². The van der Waals surface area contributed by atoms with Crippen LogP contribution in [-0.4, -0.2) is 25.2 Å². The summed E-state index contributed by atoms with van der Waals surface area (Å²) in [5, 5.41) is 0. The third-order valence-corrected chi connectivity index (χ3v) is 6.09. The Balaban J connectivity index is 2.64. The Bertz CT molecular complexity index is 383. The average molecular weight is 383 g/mol. The highest BCUT2D eigenvalue weighted by Gasteiger charge is 2.50. The summed E-state index contributed by atoms with van der Waals surface area (Å²) >= 11 is 0. The fraction of sp³-hybridized carbons (Fsp3) is 0.913. The van der Waals surface area contributed by atoms with Crippen molar-refractivity contribution in [1.82, 2.24) is 0 Å². The Kier molecular flexibility index (Phi) is 12.4. The van der Waals surface area contributed by atoms with Crippen molar-refractivity contribution in [3.8, 4) is 0 Å². The van der Waals surface area contributed by atoms with Gasteiger partial charge in [-0.3, -0.25) is 9.59 Å². The lowest BCUT2D eigenvalue weighted by molar-refractivity contribution is -0.162. The second-order valence-corrected chi connectivity index (χ2v) is 8.08. The van der Waals surface area contributed by atoms with Gasteiger partial charge >= 0.3 is 11.9 Å². The summed E-state index contributed by atoms with van der Waals surface area (Å²) in [5.74, 6) is -0.542. The van der Waals surface area contributed by atoms with Crippen LogP contribution in [0.3, 0.4) is 0 Å². The average Bonchev–Trinajstić information content (AvgIpc) is 3.06. The van der Waals surface area contributed by atoms with E-state index in [1.807, 2.05) is 0 Å². The standard InChI is InChI=1S/C23H42O4/c1-5-9-11-13-15-26-22(24)20-18(7-3)17-19(8-4)21(20)23(25)27-16-14-12-10-6-2/h18-21H,5-17H2,1-4H3. The number of carbonyl (C=O) groups is 2. The zero-order chi connectivity index (χ0) is 20.1. The van der Waals surface area contributed by atoms with Gasteiger partial charge in [0.25, 0.3) is 0 Å². The second-order valence-electron chi connectivity index (χ2n) is 8.08. The van der Waals surface area contributed by atoms with Crippen molar-refractivity contribution in [2.24, 2.45) is 23.7 Å². The van der Waals surface area contributed by atoms with Gasteiger partial charge in [-0.2, -0.15) is 0 Å². The molecule has 4 nitrogen and oxygen atoms in total. The molecule has 158 valence electrons. The van der Waals surface area contributed by atoms with Crippen molar-refractivity contribution in [1.29, 1.82) is 0 Å². The van der Waals surface area contributed by atoms with Crippen LogP contribution in [0, 0.1) is 23.7 Å². The first-order valence-corrected chi connectivity index (χ1v) is 11.4. The van der Waals surface area contributed by atoms with Gasteiger partial charge < -0.3 is 9.47 Å². The van der Waals surface area contributed by atoms with Crippen molar-refractivity contribution in [3.05, 3.63) is 0 Å². The molecule has 0 saturated heterocycles. The van der Waals surface area contributed by atoms with Gasteiger partial charge in [-0.1, -0.05) is 79.1 Å². The van der Waals surface area contributed by atoms with Crippen molar-refractivity contribution in [3.63, 3.8) is 0 Å². The van der Waals surface area contributed by atoms with E-state index in [-0.39, 0.29) is 35.6 Å². The van der Waals surface area contributed by atoms with Crippen LogP contribution in [0.4, 0.5) is 0 Å². The Morgan fingerprint density at radius 2 is 1.07 bits per heavy atom. The molecule has 0 aromatic rings. The summed E-state index contributed by atoms with van der Waals surface area (Å²) in [5.41, 5.74) is 0. The van der Waals surface area contributed by atoms with Gasteiger partial charge in [0.05, 0.1) is 25.0 Å². The summed E-state index contributed by atoms with van der Waals surface area (Å²) < 4.78 is 11.2. The van der Waals surface area contributed by atoms with E-state index in [9.17, 15) is 9.59 Å². The lowest BCUT2D eigenvalue weighted by Gasteiger charge is -2.23. The van der Waals surface area contributed by atoms with Crippen molar-refractivity contribution in [2.45, 2.75) is 98.3 Å². The van der Waals surface area contributed by atoms with Crippen LogP contribution in [0.5, 0.6) is 0 Å². The molecule has 27 heavy (non-hydrogen) atoms. The number of hydrogen-bond acceptors (Lipinski definition) is 4. The van der Waals surface area contributed by atoms with E-state index >= 15 is 0 Å². The van der Waals surface area contributed by atoms with Gasteiger partial charge in [0, 0.05) is 0 Å². The molecule has 1 aliphatic carbocycles. The fourth-order valence-electron chi connectivity index (χ4n) is 4.38. The molecule has 1 aliphatic rings. The molecular formula is C23H42O4. The van der Waals surface area contributed by atoms with E-state index in [1.54, 1.807) is 0 Å². The minimum absolute atomic E-state index is 0.178. The van der Waals surface area contributed by atoms with Crippen LogP contribution < -0.4 is 0 Å². The molecule has 0 N–H and O–H groups in total. The van der Waals surface area contributed by atoms with Crippen LogP contribution in [0.1, 0.15) is 98.3 Å². The third kappa shape index (κ3) is 7.83. The molecule has 1 rings (SSSR count). The van der Waals surface area contributed by atoms with Crippen molar-refractivity contribution in [2.75, 3.05) is 13.2 Å². The summed E-state index contributed by atoms with van der Waals surface area (Å²) in [6.07, 6.45) is 11.4. The Hall–Kier alpha value is -1.06. The van der Waals surface area contributed by atoms with E-state index in [4.69, 9.17) is 9.47 Å². The summed E-state index contributed by atoms with van der Waals surface area (Å²) in [4.78, 5) is 25.6. The highest BCUT2D eigenvalue weighted by molar-refractivity contribution is 5.83. The Morgan fingerprint density at radius 1 is 0.667 bits per heavy atom. The molecule has 0 bridgehead atoms. The summed E-state index contributed by atoms with van der Waals surface area (Å²) in [7, 11) is 0. The van der Waals surface area contributed by atoms with E-state index in [0.717, 1.165) is 44.9 Å². The number of rotatable bonds is 14. The topological polar surface area (TPSA) is 52.6 Å². The molecule has 0 radical (unpaired) electrons. The van der Waals surface area contributed by atoms with Crippen LogP contribution in [-0.2, 0) is 19.1 Å². The molecule has 4 heteroatoms. The van der Waals surface area contributed by atoms with E-state index < -0.39 is 0 Å². The maximum absolute atomic E-state index is 12.8. The van der Waals surface area contributed by atoms with Crippen molar-refractivity contribution < 1.29 is 19.1 Å². The zero-order valence-electron chi connectivity index (χ0n) is 18.1. The normalized spacial score (nSPS) is 24.7. The minimum Gasteiger partial charge on any atom is -0.465 e. The predicted molar refractivity (Wildman–Crippen MR) is 109 cm³/mol. The third-order valence-electron chi connectivity index (χ3n) is 6.09. The SMILES string of the molecule is CCCCCCOC(=O)C1C(CC)CC(CC)C1C(=O)OCCCCCC. The molecule has 1 saturated carbocycles. The largest absolute Gasteiger partial charge is 0.465 e. The Morgan fingerprint density at radius 3 is 1.41 bits per heavy atom. The zero-order valence-corrected chi connectivity index (χ0v) is 18.1. The van der Waals surface area contributed by atoms with Gasteiger partial charge in [0.2, 0.25) is 0 Å². The predicted octanol–water partition coefficient (Wildman–Crippen LogP) is 5.92. The van der Waals surface area contributed by atoms with Gasteiger partial charge in [-0.25, -0.2) is 0 Å². The number of ether oxygens (including phenoxy) is 2. The summed E-state index contributed by atoms with van der Waals surface area (Å²) in [6, 6.07) is 0. The van der Waals surface area contributed by atoms with Gasteiger partial charge in [-0.05, 0) is 31.1 Å². The highest BCUT2D eigenvalue weighted by atomic mass is 16.5. The minimum atomic E-state index is -0.325. The number of carbonyl (C=O) groups excluding carboxylic acids is 2. The van der Waals surface area contributed by atoms with Crippen LogP contribution in [0.25, 0.3) is 0 Å². The molecule has 0 amide bonds. The lowest BCUT2D eigenvalue weighted by Crippen LogP contribution is -2.34. The quantitative estimate of drug-likeness (QED) is 0.276. The lowest BCUT2D eigenvalue weighted by atomic mass is 9.85. The van der Waals surface area contributed by atoms with E-state index in [2.05, 4.69) is 27.7 Å². The monoisotopic (exact) mass is 382 g/mol. The van der Waals surface area contributed by atoms with Crippen LogP contribution in [0.15, 0.2) is 0 Å². The smallest absolute Gasteiger partial charge is 0.310 e. The van der Waals surface area contributed by atoms with Gasteiger partial charge in [0.1, 0.15) is 0 Å². The molecule has 0 aromatic heterocycles. The maximum atomic E-state index is 12.8. The number of hydrogen-bond donors (Lipinski definition) is 0.